The van der Waals surface area contributed by atoms with Crippen LogP contribution in [0.2, 0.25) is 0 Å². The van der Waals surface area contributed by atoms with Gasteiger partial charge >= 0.3 is 5.97 Å². The molecule has 0 heterocycles. The molecule has 0 radical (unpaired) electrons. The highest BCUT2D eigenvalue weighted by Crippen LogP contribution is 2.21. The quantitative estimate of drug-likeness (QED) is 0.243. The van der Waals surface area contributed by atoms with Gasteiger partial charge in [-0.1, -0.05) is 18.2 Å². The molecule has 0 aliphatic rings. The molecule has 0 amide bonds. The Morgan fingerprint density at radius 3 is 2.64 bits per heavy atom. The van der Waals surface area contributed by atoms with Crippen LogP contribution in [0.15, 0.2) is 35.3 Å². The van der Waals surface area contributed by atoms with Gasteiger partial charge in [-0.2, -0.15) is 0 Å². The monoisotopic (exact) mass is 419 g/mol. The van der Waals surface area contributed by atoms with E-state index in [9.17, 15) is 4.79 Å². The Balaban J connectivity index is 0.00000441. The molecule has 22 heavy (non-hydrogen) atoms. The summed E-state index contributed by atoms with van der Waals surface area (Å²) in [4.78, 5) is 15.8. The van der Waals surface area contributed by atoms with Gasteiger partial charge < -0.3 is 20.5 Å². The zero-order chi connectivity index (χ0) is 15.8. The lowest BCUT2D eigenvalue weighted by molar-refractivity contribution is 0.0597. The van der Waals surface area contributed by atoms with Crippen LogP contribution >= 0.6 is 24.0 Å². The number of halogens is 1. The SMILES string of the molecule is C=C(C)CNC(N)=NCc1ccc(C(=O)OC)c(OC)c1.I. The van der Waals surface area contributed by atoms with Crippen molar-refractivity contribution in [2.45, 2.75) is 13.5 Å². The topological polar surface area (TPSA) is 85.9 Å². The van der Waals surface area contributed by atoms with Crippen molar-refractivity contribution >= 4 is 35.9 Å². The lowest BCUT2D eigenvalue weighted by atomic mass is 10.1. The highest BCUT2D eigenvalue weighted by atomic mass is 127. The smallest absolute Gasteiger partial charge is 0.341 e. The van der Waals surface area contributed by atoms with E-state index in [4.69, 9.17) is 10.5 Å². The summed E-state index contributed by atoms with van der Waals surface area (Å²) in [5.41, 5.74) is 7.95. The molecule has 1 aromatic rings. The van der Waals surface area contributed by atoms with E-state index < -0.39 is 5.97 Å². The lowest BCUT2D eigenvalue weighted by Gasteiger charge is -2.09. The molecule has 122 valence electrons. The molecule has 6 nitrogen and oxygen atoms in total. The van der Waals surface area contributed by atoms with Gasteiger partial charge in [0.15, 0.2) is 5.96 Å². The maximum absolute atomic E-state index is 11.6. The van der Waals surface area contributed by atoms with Gasteiger partial charge in [-0.05, 0) is 24.6 Å². The molecule has 0 aliphatic carbocycles. The average molecular weight is 419 g/mol. The van der Waals surface area contributed by atoms with Gasteiger partial charge in [0.1, 0.15) is 11.3 Å². The Kier molecular flexibility index (Phi) is 9.23. The standard InChI is InChI=1S/C15H21N3O3.HI/c1-10(2)8-17-15(16)18-9-11-5-6-12(14(19)21-4)13(7-11)20-3;/h5-7H,1,8-9H2,2-4H3,(H3,16,17,18);1H. The van der Waals surface area contributed by atoms with Crippen molar-refractivity contribution in [1.29, 1.82) is 0 Å². The summed E-state index contributed by atoms with van der Waals surface area (Å²) in [6.07, 6.45) is 0. The summed E-state index contributed by atoms with van der Waals surface area (Å²) in [5.74, 6) is 0.349. The summed E-state index contributed by atoms with van der Waals surface area (Å²) in [7, 11) is 2.82. The number of esters is 1. The minimum absolute atomic E-state index is 0. The Morgan fingerprint density at radius 2 is 2.09 bits per heavy atom. The van der Waals surface area contributed by atoms with E-state index >= 15 is 0 Å². The zero-order valence-electron chi connectivity index (χ0n) is 13.0. The maximum Gasteiger partial charge on any atom is 0.341 e. The molecule has 0 fully saturated rings. The van der Waals surface area contributed by atoms with Gasteiger partial charge in [0, 0.05) is 6.54 Å². The zero-order valence-corrected chi connectivity index (χ0v) is 15.3. The van der Waals surface area contributed by atoms with Crippen molar-refractivity contribution in [3.8, 4) is 5.75 Å². The number of benzene rings is 1. The van der Waals surface area contributed by atoms with Gasteiger partial charge in [-0.3, -0.25) is 0 Å². The Bertz CT molecular complexity index is 559. The van der Waals surface area contributed by atoms with Gasteiger partial charge in [0.05, 0.1) is 20.8 Å². The summed E-state index contributed by atoms with van der Waals surface area (Å²) >= 11 is 0. The van der Waals surface area contributed by atoms with Crippen LogP contribution < -0.4 is 15.8 Å². The number of methoxy groups -OCH3 is 2. The second-order valence-corrected chi connectivity index (χ2v) is 4.54. The molecule has 0 saturated heterocycles. The molecular formula is C15H22IN3O3. The molecule has 3 N–H and O–H groups in total. The fourth-order valence-corrected chi connectivity index (χ4v) is 1.59. The summed E-state index contributed by atoms with van der Waals surface area (Å²) < 4.78 is 9.87. The number of nitrogens with two attached hydrogens (primary N) is 1. The number of ether oxygens (including phenoxy) is 2. The van der Waals surface area contributed by atoms with Crippen LogP contribution in [0.5, 0.6) is 5.75 Å². The minimum Gasteiger partial charge on any atom is -0.496 e. The van der Waals surface area contributed by atoms with Crippen LogP contribution in [0.3, 0.4) is 0 Å². The number of carbonyl (C=O) groups excluding carboxylic acids is 1. The van der Waals surface area contributed by atoms with Gasteiger partial charge in [0.25, 0.3) is 0 Å². The van der Waals surface area contributed by atoms with Gasteiger partial charge in [0.2, 0.25) is 0 Å². The van der Waals surface area contributed by atoms with Crippen LogP contribution in [0.4, 0.5) is 0 Å². The van der Waals surface area contributed by atoms with Crippen molar-refractivity contribution in [3.63, 3.8) is 0 Å². The molecular weight excluding hydrogens is 397 g/mol. The molecule has 1 rings (SSSR count). The Hall–Kier alpha value is -1.77. The number of hydrogen-bond donors (Lipinski definition) is 2. The van der Waals surface area contributed by atoms with E-state index in [1.165, 1.54) is 14.2 Å². The first-order chi connectivity index (χ1) is 9.97. The third-order valence-electron chi connectivity index (χ3n) is 2.67. The fourth-order valence-electron chi connectivity index (χ4n) is 1.59. The molecule has 0 unspecified atom stereocenters. The second-order valence-electron chi connectivity index (χ2n) is 4.54. The largest absolute Gasteiger partial charge is 0.496 e. The normalized spacial score (nSPS) is 10.4. The summed E-state index contributed by atoms with van der Waals surface area (Å²) in [5, 5.41) is 2.94. The van der Waals surface area contributed by atoms with Crippen molar-refractivity contribution in [3.05, 3.63) is 41.5 Å². The first-order valence-electron chi connectivity index (χ1n) is 6.41. The number of nitrogens with one attached hydrogen (secondary N) is 1. The highest BCUT2D eigenvalue weighted by molar-refractivity contribution is 14.0. The molecule has 0 bridgehead atoms. The third kappa shape index (κ3) is 6.33. The van der Waals surface area contributed by atoms with E-state index in [1.807, 2.05) is 6.92 Å². The predicted molar refractivity (Wildman–Crippen MR) is 97.9 cm³/mol. The molecule has 0 aromatic heterocycles. The fraction of sp³-hybridized carbons (Fsp3) is 0.333. The number of aliphatic imine (C=N–C) groups is 1. The van der Waals surface area contributed by atoms with Crippen LogP contribution in [0, 0.1) is 0 Å². The van der Waals surface area contributed by atoms with Crippen molar-refractivity contribution in [2.24, 2.45) is 10.7 Å². The minimum atomic E-state index is -0.440. The molecule has 1 aromatic carbocycles. The summed E-state index contributed by atoms with van der Waals surface area (Å²) in [6.45, 7) is 6.63. The first-order valence-corrected chi connectivity index (χ1v) is 6.41. The number of hydrogen-bond acceptors (Lipinski definition) is 4. The number of carbonyl (C=O) groups is 1. The third-order valence-corrected chi connectivity index (χ3v) is 2.67. The van der Waals surface area contributed by atoms with Crippen molar-refractivity contribution in [1.82, 2.24) is 5.32 Å². The van der Waals surface area contributed by atoms with Crippen LogP contribution in [-0.4, -0.2) is 32.7 Å². The molecule has 0 spiro atoms. The summed E-state index contributed by atoms with van der Waals surface area (Å²) in [6, 6.07) is 5.17. The Labute approximate surface area is 147 Å². The Morgan fingerprint density at radius 1 is 1.41 bits per heavy atom. The van der Waals surface area contributed by atoms with E-state index in [2.05, 4.69) is 21.6 Å². The number of guanidine groups is 1. The lowest BCUT2D eigenvalue weighted by Crippen LogP contribution is -2.32. The molecule has 7 heteroatoms. The van der Waals surface area contributed by atoms with Crippen molar-refractivity contribution in [2.75, 3.05) is 20.8 Å². The second kappa shape index (κ2) is 10.0. The maximum atomic E-state index is 11.6. The van der Waals surface area contributed by atoms with Crippen LogP contribution in [0.1, 0.15) is 22.8 Å². The molecule has 0 atom stereocenters. The van der Waals surface area contributed by atoms with Crippen molar-refractivity contribution < 1.29 is 14.3 Å². The van der Waals surface area contributed by atoms with E-state index in [1.54, 1.807) is 18.2 Å². The van der Waals surface area contributed by atoms with Gasteiger partial charge in [-0.25, -0.2) is 9.79 Å². The number of nitrogens with zero attached hydrogens (tertiary/aromatic N) is 1. The van der Waals surface area contributed by atoms with Crippen LogP contribution in [0.25, 0.3) is 0 Å². The van der Waals surface area contributed by atoms with Crippen LogP contribution in [-0.2, 0) is 11.3 Å². The number of rotatable bonds is 6. The molecule has 0 saturated carbocycles. The average Bonchev–Trinajstić information content (AvgIpc) is 2.49. The van der Waals surface area contributed by atoms with E-state index in [-0.39, 0.29) is 24.0 Å². The first kappa shape index (κ1) is 20.2. The van der Waals surface area contributed by atoms with E-state index in [0.717, 1.165) is 11.1 Å². The predicted octanol–water partition coefficient (Wildman–Crippen LogP) is 2.08. The highest BCUT2D eigenvalue weighted by Gasteiger charge is 2.12. The van der Waals surface area contributed by atoms with E-state index in [0.29, 0.717) is 30.4 Å². The van der Waals surface area contributed by atoms with Gasteiger partial charge in [-0.15, -0.1) is 24.0 Å². The molecule has 0 aliphatic heterocycles.